The molecular formula is C8H16N2O6S. The van der Waals surface area contributed by atoms with Gasteiger partial charge in [-0.3, -0.25) is 4.79 Å². The van der Waals surface area contributed by atoms with E-state index in [2.05, 4.69) is 19.9 Å². The summed E-state index contributed by atoms with van der Waals surface area (Å²) in [6, 6.07) is 0. The maximum absolute atomic E-state index is 11.3. The first-order valence-electron chi connectivity index (χ1n) is 4.84. The van der Waals surface area contributed by atoms with Crippen molar-refractivity contribution in [1.29, 1.82) is 0 Å². The second-order valence-corrected chi connectivity index (χ2v) is 4.99. The zero-order valence-corrected chi connectivity index (χ0v) is 10.3. The molecule has 0 radical (unpaired) electrons. The summed E-state index contributed by atoms with van der Waals surface area (Å²) in [4.78, 5) is 20.9. The summed E-state index contributed by atoms with van der Waals surface area (Å²) in [7, 11) is -2.24. The van der Waals surface area contributed by atoms with Gasteiger partial charge in [-0.15, -0.1) is 0 Å². The summed E-state index contributed by atoms with van der Waals surface area (Å²) in [5.74, 6) is -0.657. The quantitative estimate of drug-likeness (QED) is 0.427. The third-order valence-electron chi connectivity index (χ3n) is 1.69. The molecule has 0 rings (SSSR count). The number of carbonyl (C=O) groups is 2. The Bertz CT molecular complexity index is 353. The number of hydrogen-bond donors (Lipinski definition) is 2. The highest BCUT2D eigenvalue weighted by Gasteiger charge is 2.11. The van der Waals surface area contributed by atoms with Crippen LogP contribution in [0, 0.1) is 0 Å². The molecule has 0 aromatic carbocycles. The molecule has 0 aromatic rings. The molecule has 0 aromatic heterocycles. The standard InChI is InChI=1S/C8H16N2O6S/c1-15-7(11)3-2-6-17(13,14)10-4-5-16-8(9)12/h10H,2-6H2,1H3,(H2,9,12). The average Bonchev–Trinajstić information content (AvgIpc) is 2.23. The lowest BCUT2D eigenvalue weighted by Gasteiger charge is -2.06. The minimum atomic E-state index is -3.47. The van der Waals surface area contributed by atoms with Gasteiger partial charge < -0.3 is 15.2 Å². The molecule has 0 unspecified atom stereocenters. The van der Waals surface area contributed by atoms with Crippen LogP contribution in [0.15, 0.2) is 0 Å². The lowest BCUT2D eigenvalue weighted by molar-refractivity contribution is -0.140. The summed E-state index contributed by atoms with van der Waals surface area (Å²) in [5.41, 5.74) is 4.68. The first-order chi connectivity index (χ1) is 7.87. The Labute approximate surface area is 99.5 Å². The van der Waals surface area contributed by atoms with Crippen molar-refractivity contribution >= 4 is 22.1 Å². The third kappa shape index (κ3) is 9.57. The Morgan fingerprint density at radius 1 is 1.35 bits per heavy atom. The fourth-order valence-electron chi connectivity index (χ4n) is 0.930. The van der Waals surface area contributed by atoms with E-state index in [1.165, 1.54) is 7.11 Å². The van der Waals surface area contributed by atoms with Crippen LogP contribution < -0.4 is 10.5 Å². The molecule has 0 spiro atoms. The van der Waals surface area contributed by atoms with Crippen LogP contribution in [-0.2, 0) is 24.3 Å². The number of primary amides is 1. The van der Waals surface area contributed by atoms with E-state index in [0.29, 0.717) is 0 Å². The van der Waals surface area contributed by atoms with Gasteiger partial charge in [-0.2, -0.15) is 0 Å². The van der Waals surface area contributed by atoms with E-state index in [0.717, 1.165) is 0 Å². The molecule has 0 aliphatic carbocycles. The van der Waals surface area contributed by atoms with Crippen LogP contribution in [0.2, 0.25) is 0 Å². The van der Waals surface area contributed by atoms with E-state index in [4.69, 9.17) is 0 Å². The van der Waals surface area contributed by atoms with E-state index in [1.54, 1.807) is 0 Å². The SMILES string of the molecule is COC(=O)CCCS(=O)(=O)NCCOC(N)=O. The summed E-state index contributed by atoms with van der Waals surface area (Å²) in [6.07, 6.45) is -0.761. The van der Waals surface area contributed by atoms with Gasteiger partial charge in [0, 0.05) is 13.0 Å². The number of rotatable bonds is 8. The van der Waals surface area contributed by atoms with Gasteiger partial charge in [0.05, 0.1) is 12.9 Å². The van der Waals surface area contributed by atoms with Crippen LogP contribution in [0.5, 0.6) is 0 Å². The minimum Gasteiger partial charge on any atom is -0.469 e. The smallest absolute Gasteiger partial charge is 0.404 e. The molecule has 9 heteroatoms. The molecule has 0 aliphatic rings. The van der Waals surface area contributed by atoms with E-state index >= 15 is 0 Å². The zero-order chi connectivity index (χ0) is 13.3. The fraction of sp³-hybridized carbons (Fsp3) is 0.750. The van der Waals surface area contributed by atoms with Crippen LogP contribution in [0.25, 0.3) is 0 Å². The van der Waals surface area contributed by atoms with E-state index in [1.807, 2.05) is 0 Å². The highest BCUT2D eigenvalue weighted by molar-refractivity contribution is 7.89. The molecule has 0 saturated heterocycles. The largest absolute Gasteiger partial charge is 0.469 e. The van der Waals surface area contributed by atoms with Crippen LogP contribution in [0.4, 0.5) is 4.79 Å². The van der Waals surface area contributed by atoms with Crippen molar-refractivity contribution in [3.8, 4) is 0 Å². The maximum atomic E-state index is 11.3. The lowest BCUT2D eigenvalue weighted by atomic mass is 10.3. The summed E-state index contributed by atoms with van der Waals surface area (Å²) in [6.45, 7) is -0.185. The molecule has 0 aliphatic heterocycles. The summed E-state index contributed by atoms with van der Waals surface area (Å²) < 4.78 is 33.5. The van der Waals surface area contributed by atoms with Gasteiger partial charge in [-0.25, -0.2) is 17.9 Å². The average molecular weight is 268 g/mol. The van der Waals surface area contributed by atoms with Crippen molar-refractivity contribution in [1.82, 2.24) is 4.72 Å². The molecule has 0 heterocycles. The van der Waals surface area contributed by atoms with Crippen molar-refractivity contribution in [2.45, 2.75) is 12.8 Å². The predicted octanol–water partition coefficient (Wildman–Crippen LogP) is -1.05. The number of ether oxygens (including phenoxy) is 2. The number of hydrogen-bond acceptors (Lipinski definition) is 6. The number of sulfonamides is 1. The first-order valence-corrected chi connectivity index (χ1v) is 6.49. The Kier molecular flexibility index (Phi) is 7.22. The Balaban J connectivity index is 3.73. The van der Waals surface area contributed by atoms with Gasteiger partial charge in [-0.05, 0) is 6.42 Å². The lowest BCUT2D eigenvalue weighted by Crippen LogP contribution is -2.31. The van der Waals surface area contributed by atoms with Crippen molar-refractivity contribution < 1.29 is 27.5 Å². The van der Waals surface area contributed by atoms with Gasteiger partial charge >= 0.3 is 12.1 Å². The monoisotopic (exact) mass is 268 g/mol. The molecular weight excluding hydrogens is 252 g/mol. The second-order valence-electron chi connectivity index (χ2n) is 3.06. The maximum Gasteiger partial charge on any atom is 0.404 e. The molecule has 17 heavy (non-hydrogen) atoms. The molecule has 100 valence electrons. The van der Waals surface area contributed by atoms with Crippen LogP contribution in [0.3, 0.4) is 0 Å². The Hall–Kier alpha value is -1.35. The topological polar surface area (TPSA) is 125 Å². The fourth-order valence-corrected chi connectivity index (χ4v) is 1.99. The number of nitrogens with two attached hydrogens (primary N) is 1. The Morgan fingerprint density at radius 2 is 2.00 bits per heavy atom. The summed E-state index contributed by atoms with van der Waals surface area (Å²) >= 11 is 0. The van der Waals surface area contributed by atoms with Gasteiger partial charge in [0.1, 0.15) is 6.61 Å². The molecule has 0 fully saturated rings. The molecule has 0 saturated carbocycles. The van der Waals surface area contributed by atoms with Crippen molar-refractivity contribution in [3.63, 3.8) is 0 Å². The van der Waals surface area contributed by atoms with Crippen LogP contribution in [-0.4, -0.2) is 46.5 Å². The third-order valence-corrected chi connectivity index (χ3v) is 3.16. The van der Waals surface area contributed by atoms with E-state index in [9.17, 15) is 18.0 Å². The van der Waals surface area contributed by atoms with Gasteiger partial charge in [0.2, 0.25) is 10.0 Å². The van der Waals surface area contributed by atoms with Gasteiger partial charge in [0.15, 0.2) is 0 Å². The van der Waals surface area contributed by atoms with Crippen molar-refractivity contribution in [2.75, 3.05) is 26.0 Å². The molecule has 0 bridgehead atoms. The number of carbonyl (C=O) groups excluding carboxylic acids is 2. The molecule has 3 N–H and O–H groups in total. The van der Waals surface area contributed by atoms with E-state index in [-0.39, 0.29) is 31.7 Å². The van der Waals surface area contributed by atoms with Crippen LogP contribution in [0.1, 0.15) is 12.8 Å². The van der Waals surface area contributed by atoms with Gasteiger partial charge in [-0.1, -0.05) is 0 Å². The van der Waals surface area contributed by atoms with Gasteiger partial charge in [0.25, 0.3) is 0 Å². The van der Waals surface area contributed by atoms with Crippen LogP contribution >= 0.6 is 0 Å². The number of esters is 1. The predicted molar refractivity (Wildman–Crippen MR) is 58.6 cm³/mol. The second kappa shape index (κ2) is 7.85. The Morgan fingerprint density at radius 3 is 2.53 bits per heavy atom. The zero-order valence-electron chi connectivity index (χ0n) is 9.47. The minimum absolute atomic E-state index is 0.0369. The van der Waals surface area contributed by atoms with E-state index < -0.39 is 22.1 Å². The molecule has 1 amide bonds. The first kappa shape index (κ1) is 15.7. The normalized spacial score (nSPS) is 10.9. The highest BCUT2D eigenvalue weighted by Crippen LogP contribution is 1.96. The number of nitrogens with one attached hydrogen (secondary N) is 1. The number of amides is 1. The summed E-state index contributed by atoms with van der Waals surface area (Å²) in [5, 5.41) is 0. The van der Waals surface area contributed by atoms with Crippen molar-refractivity contribution in [2.24, 2.45) is 5.73 Å². The number of methoxy groups -OCH3 is 1. The molecule has 0 atom stereocenters. The molecule has 8 nitrogen and oxygen atoms in total. The highest BCUT2D eigenvalue weighted by atomic mass is 32.2. The van der Waals surface area contributed by atoms with Crippen molar-refractivity contribution in [3.05, 3.63) is 0 Å².